The van der Waals surface area contributed by atoms with E-state index in [2.05, 4.69) is 15.5 Å². The Bertz CT molecular complexity index is 736. The topological polar surface area (TPSA) is 91.6 Å². The molecule has 100 valence electrons. The summed E-state index contributed by atoms with van der Waals surface area (Å²) >= 11 is 1.15. The lowest BCUT2D eigenvalue weighted by molar-refractivity contribution is 0.0691. The number of carbonyl (C=O) groups is 2. The predicted octanol–water partition coefficient (Wildman–Crippen LogP) is 2.24. The molecule has 1 aliphatic rings. The van der Waals surface area contributed by atoms with Gasteiger partial charge in [-0.1, -0.05) is 24.3 Å². The fraction of sp³-hybridized carbons (Fsp3) is 0.0769. The van der Waals surface area contributed by atoms with Crippen LogP contribution < -0.4 is 5.43 Å². The molecular weight excluding hydrogens is 278 g/mol. The molecule has 0 saturated carbocycles. The van der Waals surface area contributed by atoms with Crippen molar-refractivity contribution < 1.29 is 14.7 Å². The van der Waals surface area contributed by atoms with Crippen LogP contribution >= 0.6 is 11.3 Å². The van der Waals surface area contributed by atoms with Crippen LogP contribution in [0.15, 0.2) is 34.7 Å². The second kappa shape index (κ2) is 4.86. The van der Waals surface area contributed by atoms with E-state index < -0.39 is 5.97 Å². The Morgan fingerprint density at radius 3 is 2.80 bits per heavy atom. The van der Waals surface area contributed by atoms with Crippen molar-refractivity contribution in [2.75, 3.05) is 5.43 Å². The van der Waals surface area contributed by atoms with Gasteiger partial charge in [0.1, 0.15) is 0 Å². The third kappa shape index (κ3) is 2.19. The van der Waals surface area contributed by atoms with E-state index in [1.165, 1.54) is 5.38 Å². The van der Waals surface area contributed by atoms with Crippen LogP contribution in [0, 0.1) is 0 Å². The Kier molecular flexibility index (Phi) is 3.03. The Balaban J connectivity index is 1.83. The molecule has 0 fully saturated rings. The first-order chi connectivity index (χ1) is 9.65. The van der Waals surface area contributed by atoms with Gasteiger partial charge in [-0.25, -0.2) is 9.78 Å². The number of Topliss-reactive ketones (excluding diaryl/α,β-unsaturated/α-hetero) is 1. The van der Waals surface area contributed by atoms with Gasteiger partial charge >= 0.3 is 5.97 Å². The van der Waals surface area contributed by atoms with Crippen molar-refractivity contribution in [2.24, 2.45) is 5.10 Å². The Morgan fingerprint density at radius 2 is 2.10 bits per heavy atom. The van der Waals surface area contributed by atoms with Crippen LogP contribution in [0.3, 0.4) is 0 Å². The summed E-state index contributed by atoms with van der Waals surface area (Å²) in [4.78, 5) is 26.4. The molecule has 0 saturated heterocycles. The third-order valence-electron chi connectivity index (χ3n) is 2.88. The number of hydrogen-bond donors (Lipinski definition) is 2. The van der Waals surface area contributed by atoms with E-state index in [1.54, 1.807) is 6.07 Å². The first-order valence-electron chi connectivity index (χ1n) is 5.79. The number of carbonyl (C=O) groups excluding carboxylic acids is 1. The maximum absolute atomic E-state index is 11.8. The van der Waals surface area contributed by atoms with Gasteiger partial charge in [0.15, 0.2) is 11.5 Å². The third-order valence-corrected chi connectivity index (χ3v) is 3.62. The van der Waals surface area contributed by atoms with Crippen LogP contribution in [0.25, 0.3) is 0 Å². The standard InChI is InChI=1S/C13H9N3O3S/c17-11-5-9(7-3-1-2-4-8(7)11)15-16-13-14-10(6-20-13)12(18)19/h1-4,6H,5H2,(H,14,16)(H,18,19)/b15-9+. The molecule has 0 radical (unpaired) electrons. The van der Waals surface area contributed by atoms with E-state index in [4.69, 9.17) is 5.11 Å². The van der Waals surface area contributed by atoms with E-state index in [9.17, 15) is 9.59 Å². The maximum atomic E-state index is 11.8. The smallest absolute Gasteiger partial charge is 0.355 e. The SMILES string of the molecule is O=C(O)c1csc(N/N=C2\CC(=O)c3ccccc32)n1. The number of nitrogens with one attached hydrogen (secondary N) is 1. The molecule has 3 rings (SSSR count). The van der Waals surface area contributed by atoms with Crippen molar-refractivity contribution >= 4 is 33.9 Å². The molecule has 1 aliphatic carbocycles. The lowest BCUT2D eigenvalue weighted by Crippen LogP contribution is -2.01. The number of carboxylic acids is 1. The molecule has 0 aliphatic heterocycles. The molecular formula is C13H9N3O3S. The Hall–Kier alpha value is -2.54. The Labute approximate surface area is 117 Å². The fourth-order valence-corrected chi connectivity index (χ4v) is 2.59. The van der Waals surface area contributed by atoms with Crippen LogP contribution in [0.5, 0.6) is 0 Å². The summed E-state index contributed by atoms with van der Waals surface area (Å²) in [6, 6.07) is 7.27. The number of fused-ring (bicyclic) bond motifs is 1. The van der Waals surface area contributed by atoms with E-state index in [0.29, 0.717) is 16.4 Å². The van der Waals surface area contributed by atoms with Gasteiger partial charge in [-0.15, -0.1) is 11.3 Å². The summed E-state index contributed by atoms with van der Waals surface area (Å²) in [5, 5.41) is 14.7. The number of anilines is 1. The molecule has 0 atom stereocenters. The molecule has 0 bridgehead atoms. The molecule has 0 unspecified atom stereocenters. The van der Waals surface area contributed by atoms with Gasteiger partial charge in [0.2, 0.25) is 5.13 Å². The molecule has 0 amide bonds. The predicted molar refractivity (Wildman–Crippen MR) is 74.6 cm³/mol. The first kappa shape index (κ1) is 12.5. The number of aromatic carboxylic acids is 1. The number of benzene rings is 1. The molecule has 1 aromatic carbocycles. The zero-order valence-corrected chi connectivity index (χ0v) is 11.0. The number of carboxylic acid groups (broad SMARTS) is 1. The monoisotopic (exact) mass is 287 g/mol. The van der Waals surface area contributed by atoms with Gasteiger partial charge in [0.05, 0.1) is 12.1 Å². The summed E-state index contributed by atoms with van der Waals surface area (Å²) in [7, 11) is 0. The van der Waals surface area contributed by atoms with Gasteiger partial charge < -0.3 is 5.11 Å². The minimum absolute atomic E-state index is 0.0272. The van der Waals surface area contributed by atoms with Crippen molar-refractivity contribution in [2.45, 2.75) is 6.42 Å². The van der Waals surface area contributed by atoms with E-state index in [1.807, 2.05) is 18.2 Å². The quantitative estimate of drug-likeness (QED) is 0.845. The highest BCUT2D eigenvalue weighted by molar-refractivity contribution is 7.13. The normalized spacial score (nSPS) is 15.4. The molecule has 6 nitrogen and oxygen atoms in total. The van der Waals surface area contributed by atoms with Crippen LogP contribution in [-0.2, 0) is 0 Å². The van der Waals surface area contributed by atoms with Crippen molar-refractivity contribution in [3.8, 4) is 0 Å². The lowest BCUT2D eigenvalue weighted by atomic mass is 10.1. The van der Waals surface area contributed by atoms with Gasteiger partial charge in [-0.3, -0.25) is 10.2 Å². The van der Waals surface area contributed by atoms with Crippen LogP contribution in [0.1, 0.15) is 32.8 Å². The maximum Gasteiger partial charge on any atom is 0.355 e. The van der Waals surface area contributed by atoms with Gasteiger partial charge in [0, 0.05) is 16.5 Å². The average molecular weight is 287 g/mol. The van der Waals surface area contributed by atoms with E-state index in [0.717, 1.165) is 16.9 Å². The fourth-order valence-electron chi connectivity index (χ4n) is 1.96. The second-order valence-corrected chi connectivity index (χ2v) is 5.02. The lowest BCUT2D eigenvalue weighted by Gasteiger charge is -1.99. The average Bonchev–Trinajstić information content (AvgIpc) is 3.03. The molecule has 7 heteroatoms. The highest BCUT2D eigenvalue weighted by atomic mass is 32.1. The number of aromatic nitrogens is 1. The summed E-state index contributed by atoms with van der Waals surface area (Å²) in [5.74, 6) is -1.05. The zero-order chi connectivity index (χ0) is 14.1. The first-order valence-corrected chi connectivity index (χ1v) is 6.67. The minimum atomic E-state index is -1.08. The van der Waals surface area contributed by atoms with E-state index >= 15 is 0 Å². The molecule has 20 heavy (non-hydrogen) atoms. The second-order valence-electron chi connectivity index (χ2n) is 4.16. The van der Waals surface area contributed by atoms with Gasteiger partial charge in [-0.2, -0.15) is 5.10 Å². The molecule has 1 heterocycles. The summed E-state index contributed by atoms with van der Waals surface area (Å²) in [6.45, 7) is 0. The van der Waals surface area contributed by atoms with E-state index in [-0.39, 0.29) is 17.9 Å². The number of ketones is 1. The van der Waals surface area contributed by atoms with Crippen LogP contribution in [0.2, 0.25) is 0 Å². The number of thiazole rings is 1. The number of hydrogen-bond acceptors (Lipinski definition) is 6. The summed E-state index contributed by atoms with van der Waals surface area (Å²) in [6.07, 6.45) is 0.240. The number of nitrogens with zero attached hydrogens (tertiary/aromatic N) is 2. The van der Waals surface area contributed by atoms with Crippen molar-refractivity contribution in [3.63, 3.8) is 0 Å². The largest absolute Gasteiger partial charge is 0.476 e. The van der Waals surface area contributed by atoms with Crippen molar-refractivity contribution in [3.05, 3.63) is 46.5 Å². The number of hydrazone groups is 1. The number of rotatable bonds is 3. The molecule has 2 N–H and O–H groups in total. The van der Waals surface area contributed by atoms with Gasteiger partial charge in [0.25, 0.3) is 0 Å². The van der Waals surface area contributed by atoms with Gasteiger partial charge in [-0.05, 0) is 0 Å². The van der Waals surface area contributed by atoms with Crippen LogP contribution in [0.4, 0.5) is 5.13 Å². The van der Waals surface area contributed by atoms with Crippen LogP contribution in [-0.4, -0.2) is 27.6 Å². The minimum Gasteiger partial charge on any atom is -0.476 e. The Morgan fingerprint density at radius 1 is 1.35 bits per heavy atom. The molecule has 2 aromatic rings. The summed E-state index contributed by atoms with van der Waals surface area (Å²) < 4.78 is 0. The highest BCUT2D eigenvalue weighted by Crippen LogP contribution is 2.23. The van der Waals surface area contributed by atoms with Crippen molar-refractivity contribution in [1.82, 2.24) is 4.98 Å². The van der Waals surface area contributed by atoms with Crippen molar-refractivity contribution in [1.29, 1.82) is 0 Å². The molecule has 1 aromatic heterocycles. The highest BCUT2D eigenvalue weighted by Gasteiger charge is 2.25. The summed E-state index contributed by atoms with van der Waals surface area (Å²) in [5.41, 5.74) is 4.78. The zero-order valence-electron chi connectivity index (χ0n) is 10.2. The molecule has 0 spiro atoms.